The first-order chi connectivity index (χ1) is 11.4. The van der Waals surface area contributed by atoms with Crippen molar-refractivity contribution in [3.8, 4) is 0 Å². The van der Waals surface area contributed by atoms with Gasteiger partial charge in [-0.2, -0.15) is 0 Å². The molecular formula is C20H24N2O2. The largest absolute Gasteiger partial charge is 0.350 e. The average molecular weight is 324 g/mol. The summed E-state index contributed by atoms with van der Waals surface area (Å²) in [6.07, 6.45) is 0.860. The second kappa shape index (κ2) is 7.77. The van der Waals surface area contributed by atoms with Crippen LogP contribution >= 0.6 is 0 Å². The van der Waals surface area contributed by atoms with Crippen molar-refractivity contribution in [3.63, 3.8) is 0 Å². The Kier molecular flexibility index (Phi) is 5.74. The van der Waals surface area contributed by atoms with Crippen LogP contribution < -0.4 is 10.6 Å². The topological polar surface area (TPSA) is 58.2 Å². The Hall–Kier alpha value is -2.62. The number of aryl methyl sites for hydroxylation is 2. The van der Waals surface area contributed by atoms with Crippen molar-refractivity contribution < 1.29 is 9.59 Å². The third-order valence-electron chi connectivity index (χ3n) is 4.10. The summed E-state index contributed by atoms with van der Waals surface area (Å²) >= 11 is 0. The quantitative estimate of drug-likeness (QED) is 0.870. The van der Waals surface area contributed by atoms with E-state index in [2.05, 4.69) is 10.6 Å². The van der Waals surface area contributed by atoms with E-state index in [4.69, 9.17) is 0 Å². The van der Waals surface area contributed by atoms with Crippen LogP contribution in [0.4, 0.5) is 5.69 Å². The Morgan fingerprint density at radius 1 is 0.958 bits per heavy atom. The van der Waals surface area contributed by atoms with Crippen molar-refractivity contribution >= 4 is 17.5 Å². The number of amides is 2. The molecule has 4 nitrogen and oxygen atoms in total. The van der Waals surface area contributed by atoms with Crippen LogP contribution in [0.5, 0.6) is 0 Å². The molecule has 2 aromatic rings. The smallest absolute Gasteiger partial charge is 0.255 e. The molecular weight excluding hydrogens is 300 g/mol. The van der Waals surface area contributed by atoms with E-state index < -0.39 is 0 Å². The Bertz CT molecular complexity index is 733. The van der Waals surface area contributed by atoms with Gasteiger partial charge in [-0.3, -0.25) is 9.59 Å². The summed E-state index contributed by atoms with van der Waals surface area (Å²) in [5.74, 6) is -0.378. The molecule has 0 aliphatic carbocycles. The van der Waals surface area contributed by atoms with Gasteiger partial charge in [-0.25, -0.2) is 0 Å². The second-order valence-corrected chi connectivity index (χ2v) is 6.08. The first kappa shape index (κ1) is 17.7. The van der Waals surface area contributed by atoms with E-state index in [9.17, 15) is 9.59 Å². The predicted molar refractivity (Wildman–Crippen MR) is 97.5 cm³/mol. The Labute approximate surface area is 143 Å². The molecule has 2 rings (SSSR count). The standard InChI is InChI=1S/C20H24N2O2/c1-5-15(4)21-19(23)16-10-7-11-17(12-16)20(24)22-18-13(2)8-6-9-14(18)3/h6-12,15H,5H2,1-4H3,(H,21,23)(H,22,24). The van der Waals surface area contributed by atoms with Crippen LogP contribution in [-0.4, -0.2) is 17.9 Å². The van der Waals surface area contributed by atoms with E-state index in [0.29, 0.717) is 11.1 Å². The van der Waals surface area contributed by atoms with Gasteiger partial charge in [0.05, 0.1) is 0 Å². The molecule has 0 fully saturated rings. The minimum absolute atomic E-state index is 0.101. The van der Waals surface area contributed by atoms with Gasteiger partial charge in [-0.05, 0) is 56.5 Å². The van der Waals surface area contributed by atoms with E-state index >= 15 is 0 Å². The summed E-state index contributed by atoms with van der Waals surface area (Å²) in [4.78, 5) is 24.7. The first-order valence-electron chi connectivity index (χ1n) is 8.21. The van der Waals surface area contributed by atoms with Crippen LogP contribution in [0.1, 0.15) is 52.1 Å². The minimum Gasteiger partial charge on any atom is -0.350 e. The molecule has 0 spiro atoms. The van der Waals surface area contributed by atoms with Crippen molar-refractivity contribution in [2.24, 2.45) is 0 Å². The fourth-order valence-corrected chi connectivity index (χ4v) is 2.41. The lowest BCUT2D eigenvalue weighted by Gasteiger charge is -2.13. The summed E-state index contributed by atoms with van der Waals surface area (Å²) in [5.41, 5.74) is 3.79. The number of carbonyl (C=O) groups is 2. The van der Waals surface area contributed by atoms with Gasteiger partial charge in [0.25, 0.3) is 11.8 Å². The van der Waals surface area contributed by atoms with Crippen molar-refractivity contribution in [1.29, 1.82) is 0 Å². The summed E-state index contributed by atoms with van der Waals surface area (Å²) in [6, 6.07) is 12.8. The molecule has 0 heterocycles. The van der Waals surface area contributed by atoms with Crippen molar-refractivity contribution in [3.05, 3.63) is 64.7 Å². The Balaban J connectivity index is 2.19. The van der Waals surface area contributed by atoms with Crippen LogP contribution in [0.15, 0.2) is 42.5 Å². The van der Waals surface area contributed by atoms with Crippen LogP contribution in [0.3, 0.4) is 0 Å². The molecule has 2 N–H and O–H groups in total. The highest BCUT2D eigenvalue weighted by molar-refractivity contribution is 6.06. The number of hydrogen-bond donors (Lipinski definition) is 2. The van der Waals surface area contributed by atoms with Gasteiger partial charge in [0.1, 0.15) is 0 Å². The fraction of sp³-hybridized carbons (Fsp3) is 0.300. The van der Waals surface area contributed by atoms with Gasteiger partial charge in [-0.15, -0.1) is 0 Å². The fourth-order valence-electron chi connectivity index (χ4n) is 2.41. The highest BCUT2D eigenvalue weighted by Gasteiger charge is 2.13. The lowest BCUT2D eigenvalue weighted by Crippen LogP contribution is -2.32. The van der Waals surface area contributed by atoms with E-state index in [1.807, 2.05) is 45.9 Å². The third-order valence-corrected chi connectivity index (χ3v) is 4.10. The number of nitrogens with one attached hydrogen (secondary N) is 2. The predicted octanol–water partition coefficient (Wildman–Crippen LogP) is 4.08. The van der Waals surface area contributed by atoms with Crippen LogP contribution in [0.2, 0.25) is 0 Å². The van der Waals surface area contributed by atoms with E-state index in [1.54, 1.807) is 24.3 Å². The van der Waals surface area contributed by atoms with Gasteiger partial charge in [0.2, 0.25) is 0 Å². The maximum Gasteiger partial charge on any atom is 0.255 e. The van der Waals surface area contributed by atoms with E-state index in [0.717, 1.165) is 23.2 Å². The number of benzene rings is 2. The molecule has 126 valence electrons. The summed E-state index contributed by atoms with van der Waals surface area (Å²) in [5, 5.41) is 5.85. The van der Waals surface area contributed by atoms with Crippen LogP contribution in [-0.2, 0) is 0 Å². The minimum atomic E-state index is -0.217. The van der Waals surface area contributed by atoms with Crippen molar-refractivity contribution in [1.82, 2.24) is 5.32 Å². The molecule has 2 amide bonds. The molecule has 0 saturated carbocycles. The Morgan fingerprint density at radius 3 is 2.08 bits per heavy atom. The van der Waals surface area contributed by atoms with Crippen LogP contribution in [0, 0.1) is 13.8 Å². The molecule has 2 aromatic carbocycles. The van der Waals surface area contributed by atoms with E-state index in [1.165, 1.54) is 0 Å². The number of rotatable bonds is 5. The van der Waals surface area contributed by atoms with Crippen LogP contribution in [0.25, 0.3) is 0 Å². The van der Waals surface area contributed by atoms with Gasteiger partial charge < -0.3 is 10.6 Å². The molecule has 24 heavy (non-hydrogen) atoms. The monoisotopic (exact) mass is 324 g/mol. The lowest BCUT2D eigenvalue weighted by molar-refractivity contribution is 0.0939. The molecule has 4 heteroatoms. The van der Waals surface area contributed by atoms with E-state index in [-0.39, 0.29) is 17.9 Å². The van der Waals surface area contributed by atoms with Gasteiger partial charge in [-0.1, -0.05) is 31.2 Å². The number of anilines is 1. The summed E-state index contributed by atoms with van der Waals surface area (Å²) < 4.78 is 0. The zero-order valence-electron chi connectivity index (χ0n) is 14.6. The summed E-state index contributed by atoms with van der Waals surface area (Å²) in [7, 11) is 0. The van der Waals surface area contributed by atoms with Gasteiger partial charge >= 0.3 is 0 Å². The van der Waals surface area contributed by atoms with Gasteiger partial charge in [0, 0.05) is 22.9 Å². The highest BCUT2D eigenvalue weighted by Crippen LogP contribution is 2.20. The van der Waals surface area contributed by atoms with Gasteiger partial charge in [0.15, 0.2) is 0 Å². The Morgan fingerprint density at radius 2 is 1.50 bits per heavy atom. The zero-order chi connectivity index (χ0) is 17.7. The molecule has 0 radical (unpaired) electrons. The lowest BCUT2D eigenvalue weighted by atomic mass is 10.1. The van der Waals surface area contributed by atoms with Crippen molar-refractivity contribution in [2.75, 3.05) is 5.32 Å². The second-order valence-electron chi connectivity index (χ2n) is 6.08. The first-order valence-corrected chi connectivity index (χ1v) is 8.21. The zero-order valence-corrected chi connectivity index (χ0v) is 14.6. The summed E-state index contributed by atoms with van der Waals surface area (Å²) in [6.45, 7) is 7.88. The average Bonchev–Trinajstić information content (AvgIpc) is 2.58. The molecule has 1 atom stereocenters. The molecule has 0 aliphatic heterocycles. The highest BCUT2D eigenvalue weighted by atomic mass is 16.2. The maximum atomic E-state index is 12.5. The molecule has 0 aromatic heterocycles. The normalized spacial score (nSPS) is 11.7. The number of para-hydroxylation sites is 1. The molecule has 0 saturated heterocycles. The van der Waals surface area contributed by atoms with Crippen molar-refractivity contribution in [2.45, 2.75) is 40.2 Å². The molecule has 1 unspecified atom stereocenters. The molecule has 0 aliphatic rings. The third kappa shape index (κ3) is 4.22. The molecule has 0 bridgehead atoms. The SMILES string of the molecule is CCC(C)NC(=O)c1cccc(C(=O)Nc2c(C)cccc2C)c1. The maximum absolute atomic E-state index is 12.5. The number of carbonyl (C=O) groups excluding carboxylic acids is 2. The number of hydrogen-bond acceptors (Lipinski definition) is 2.